The maximum atomic E-state index is 13.5. The van der Waals surface area contributed by atoms with E-state index in [2.05, 4.69) is 17.1 Å². The monoisotopic (exact) mass is 411 g/mol. The summed E-state index contributed by atoms with van der Waals surface area (Å²) in [7, 11) is 0. The smallest absolute Gasteiger partial charge is 0.255 e. The third-order valence-corrected chi connectivity index (χ3v) is 6.99. The van der Waals surface area contributed by atoms with Crippen LogP contribution in [-0.2, 0) is 4.79 Å². The first kappa shape index (κ1) is 21.2. The number of carbonyl (C=O) groups excluding carboxylic acids is 2. The SMILES string of the molecule is CCCC1CCN(C(=O)c2ccc(NC(=O)C3CC3)cc2N2CCCCCC2)CC1. The zero-order valence-corrected chi connectivity index (χ0v) is 18.5. The average molecular weight is 412 g/mol. The summed E-state index contributed by atoms with van der Waals surface area (Å²) >= 11 is 0. The van der Waals surface area contributed by atoms with Crippen molar-refractivity contribution in [3.05, 3.63) is 23.8 Å². The van der Waals surface area contributed by atoms with Gasteiger partial charge < -0.3 is 15.1 Å². The van der Waals surface area contributed by atoms with Crippen molar-refractivity contribution in [2.45, 2.75) is 71.1 Å². The van der Waals surface area contributed by atoms with Crippen LogP contribution in [-0.4, -0.2) is 42.9 Å². The Hall–Kier alpha value is -2.04. The molecule has 0 bridgehead atoms. The maximum Gasteiger partial charge on any atom is 0.255 e. The molecule has 2 saturated heterocycles. The van der Waals surface area contributed by atoms with E-state index in [9.17, 15) is 9.59 Å². The number of nitrogens with zero attached hydrogens (tertiary/aromatic N) is 2. The Balaban J connectivity index is 1.54. The largest absolute Gasteiger partial charge is 0.371 e. The molecule has 0 spiro atoms. The van der Waals surface area contributed by atoms with E-state index in [-0.39, 0.29) is 17.7 Å². The number of benzene rings is 1. The molecule has 0 atom stereocenters. The van der Waals surface area contributed by atoms with E-state index in [0.29, 0.717) is 0 Å². The zero-order valence-electron chi connectivity index (χ0n) is 18.5. The third kappa shape index (κ3) is 5.16. The molecule has 2 amide bonds. The molecule has 1 N–H and O–H groups in total. The van der Waals surface area contributed by atoms with Crippen molar-refractivity contribution in [1.82, 2.24) is 4.90 Å². The molecule has 1 saturated carbocycles. The lowest BCUT2D eigenvalue weighted by Gasteiger charge is -2.33. The number of nitrogens with one attached hydrogen (secondary N) is 1. The summed E-state index contributed by atoms with van der Waals surface area (Å²) in [5.74, 6) is 1.22. The Bertz CT molecular complexity index is 743. The van der Waals surface area contributed by atoms with Crippen LogP contribution in [0.5, 0.6) is 0 Å². The molecule has 2 aliphatic heterocycles. The normalized spacial score (nSPS) is 20.7. The fourth-order valence-corrected chi connectivity index (χ4v) is 4.96. The number of hydrogen-bond donors (Lipinski definition) is 1. The molecule has 1 aliphatic carbocycles. The summed E-state index contributed by atoms with van der Waals surface area (Å²) < 4.78 is 0. The molecule has 4 rings (SSSR count). The van der Waals surface area contributed by atoms with Gasteiger partial charge in [0.2, 0.25) is 5.91 Å². The summed E-state index contributed by atoms with van der Waals surface area (Å²) in [5, 5.41) is 3.07. The number of likely N-dealkylation sites (tertiary alicyclic amines) is 1. The highest BCUT2D eigenvalue weighted by molar-refractivity contribution is 6.02. The van der Waals surface area contributed by atoms with Gasteiger partial charge in [-0.25, -0.2) is 0 Å². The second kappa shape index (κ2) is 9.84. The fourth-order valence-electron chi connectivity index (χ4n) is 4.96. The standard InChI is InChI=1S/C25H37N3O2/c1-2-7-19-12-16-28(17-13-19)25(30)22-11-10-21(26-24(29)20-8-9-20)18-23(22)27-14-5-3-4-6-15-27/h10-11,18-20H,2-9,12-17H2,1H3,(H,26,29). The summed E-state index contributed by atoms with van der Waals surface area (Å²) in [6, 6.07) is 5.91. The van der Waals surface area contributed by atoms with E-state index in [0.717, 1.165) is 87.6 Å². The van der Waals surface area contributed by atoms with Crippen molar-refractivity contribution in [3.8, 4) is 0 Å². The molecule has 1 aromatic carbocycles. The van der Waals surface area contributed by atoms with Crippen LogP contribution in [0.15, 0.2) is 18.2 Å². The number of hydrogen-bond acceptors (Lipinski definition) is 3. The molecular formula is C25H37N3O2. The van der Waals surface area contributed by atoms with Crippen molar-refractivity contribution >= 4 is 23.2 Å². The van der Waals surface area contributed by atoms with Crippen LogP contribution < -0.4 is 10.2 Å². The number of piperidine rings is 1. The first-order chi connectivity index (χ1) is 14.7. The second-order valence-corrected chi connectivity index (χ2v) is 9.42. The molecule has 30 heavy (non-hydrogen) atoms. The first-order valence-electron chi connectivity index (χ1n) is 12.1. The van der Waals surface area contributed by atoms with Crippen LogP contribution in [0, 0.1) is 11.8 Å². The Kier molecular flexibility index (Phi) is 6.96. The predicted octanol–water partition coefficient (Wildman–Crippen LogP) is 5.07. The topological polar surface area (TPSA) is 52.7 Å². The van der Waals surface area contributed by atoms with Gasteiger partial charge in [0, 0.05) is 37.8 Å². The van der Waals surface area contributed by atoms with Gasteiger partial charge in [-0.15, -0.1) is 0 Å². The average Bonchev–Trinajstić information content (AvgIpc) is 3.61. The first-order valence-corrected chi connectivity index (χ1v) is 12.1. The highest BCUT2D eigenvalue weighted by atomic mass is 16.2. The van der Waals surface area contributed by atoms with Gasteiger partial charge in [-0.05, 0) is 62.6 Å². The fraction of sp³-hybridized carbons (Fsp3) is 0.680. The van der Waals surface area contributed by atoms with Crippen LogP contribution in [0.3, 0.4) is 0 Å². The lowest BCUT2D eigenvalue weighted by atomic mass is 9.92. The Morgan fingerprint density at radius 1 is 0.967 bits per heavy atom. The molecule has 1 aromatic rings. The van der Waals surface area contributed by atoms with Gasteiger partial charge in [-0.2, -0.15) is 0 Å². The molecule has 0 radical (unpaired) electrons. The van der Waals surface area contributed by atoms with Crippen molar-refractivity contribution in [1.29, 1.82) is 0 Å². The molecule has 3 aliphatic rings. The van der Waals surface area contributed by atoms with Crippen LogP contribution in [0.2, 0.25) is 0 Å². The summed E-state index contributed by atoms with van der Waals surface area (Å²) in [6.45, 7) is 5.94. The predicted molar refractivity (Wildman–Crippen MR) is 122 cm³/mol. The molecule has 2 heterocycles. The summed E-state index contributed by atoms with van der Waals surface area (Å²) in [6.07, 6.45) is 11.6. The third-order valence-electron chi connectivity index (χ3n) is 6.99. The van der Waals surface area contributed by atoms with Crippen molar-refractivity contribution in [2.75, 3.05) is 36.4 Å². The second-order valence-electron chi connectivity index (χ2n) is 9.42. The summed E-state index contributed by atoms with van der Waals surface area (Å²) in [5.41, 5.74) is 2.63. The molecule has 5 nitrogen and oxygen atoms in total. The van der Waals surface area contributed by atoms with Crippen LogP contribution in [0.25, 0.3) is 0 Å². The quantitative estimate of drug-likeness (QED) is 0.711. The lowest BCUT2D eigenvalue weighted by molar-refractivity contribution is -0.117. The molecule has 164 valence electrons. The van der Waals surface area contributed by atoms with Gasteiger partial charge >= 0.3 is 0 Å². The van der Waals surface area contributed by atoms with Gasteiger partial charge in [0.1, 0.15) is 0 Å². The van der Waals surface area contributed by atoms with Gasteiger partial charge in [0.15, 0.2) is 0 Å². The molecular weight excluding hydrogens is 374 g/mol. The molecule has 3 fully saturated rings. The number of carbonyl (C=O) groups is 2. The van der Waals surface area contributed by atoms with E-state index >= 15 is 0 Å². The van der Waals surface area contributed by atoms with Gasteiger partial charge in [-0.3, -0.25) is 9.59 Å². The van der Waals surface area contributed by atoms with Crippen molar-refractivity contribution in [3.63, 3.8) is 0 Å². The van der Waals surface area contributed by atoms with Crippen molar-refractivity contribution in [2.24, 2.45) is 11.8 Å². The highest BCUT2D eigenvalue weighted by Gasteiger charge is 2.30. The minimum absolute atomic E-state index is 0.119. The minimum atomic E-state index is 0.119. The number of rotatable bonds is 6. The van der Waals surface area contributed by atoms with E-state index in [4.69, 9.17) is 0 Å². The molecule has 0 aromatic heterocycles. The van der Waals surface area contributed by atoms with Gasteiger partial charge in [0.05, 0.1) is 11.3 Å². The van der Waals surface area contributed by atoms with E-state index in [1.165, 1.54) is 25.7 Å². The summed E-state index contributed by atoms with van der Waals surface area (Å²) in [4.78, 5) is 30.2. The molecule has 0 unspecified atom stereocenters. The maximum absolute atomic E-state index is 13.5. The van der Waals surface area contributed by atoms with Gasteiger partial charge in [-0.1, -0.05) is 32.6 Å². The minimum Gasteiger partial charge on any atom is -0.371 e. The van der Waals surface area contributed by atoms with Crippen molar-refractivity contribution < 1.29 is 9.59 Å². The highest BCUT2D eigenvalue weighted by Crippen LogP contribution is 2.33. The Morgan fingerprint density at radius 2 is 1.67 bits per heavy atom. The lowest BCUT2D eigenvalue weighted by Crippen LogP contribution is -2.39. The molecule has 5 heteroatoms. The van der Waals surface area contributed by atoms with Crippen LogP contribution in [0.4, 0.5) is 11.4 Å². The van der Waals surface area contributed by atoms with Crippen LogP contribution in [0.1, 0.15) is 81.5 Å². The number of amides is 2. The Morgan fingerprint density at radius 3 is 2.30 bits per heavy atom. The van der Waals surface area contributed by atoms with E-state index in [1.807, 2.05) is 23.1 Å². The number of anilines is 2. The van der Waals surface area contributed by atoms with E-state index < -0.39 is 0 Å². The zero-order chi connectivity index (χ0) is 20.9. The Labute approximate surface area is 181 Å². The van der Waals surface area contributed by atoms with Crippen LogP contribution >= 0.6 is 0 Å². The van der Waals surface area contributed by atoms with E-state index in [1.54, 1.807) is 0 Å². The van der Waals surface area contributed by atoms with Gasteiger partial charge in [0.25, 0.3) is 5.91 Å².